The summed E-state index contributed by atoms with van der Waals surface area (Å²) >= 11 is 0. The Labute approximate surface area is 351 Å². The lowest BCUT2D eigenvalue weighted by Crippen LogP contribution is -2.17. The summed E-state index contributed by atoms with van der Waals surface area (Å²) in [7, 11) is 0. The molecule has 10 aromatic carbocycles. The van der Waals surface area contributed by atoms with Crippen LogP contribution < -0.4 is 9.80 Å². The van der Waals surface area contributed by atoms with Crippen molar-refractivity contribution in [1.29, 1.82) is 0 Å². The molecule has 0 heterocycles. The molecule has 10 aromatic rings. The highest BCUT2D eigenvalue weighted by molar-refractivity contribution is 6.29. The Morgan fingerprint density at radius 1 is 0.300 bits per heavy atom. The van der Waals surface area contributed by atoms with Crippen LogP contribution in [0.3, 0.4) is 0 Å². The molecule has 0 saturated carbocycles. The van der Waals surface area contributed by atoms with Gasteiger partial charge in [-0.1, -0.05) is 161 Å². The SMILES string of the molecule is CC1(C)c2ccccc2-c2ccc(N(c3ccccc3)c3cc4cccc5c(N(c6ccccc6)c6ccc7c(c6)C(C)(C)c6ccccc6-7)cc6cccc3c6c45)cc21. The molecule has 0 amide bonds. The van der Waals surface area contributed by atoms with Crippen LogP contribution in [0.15, 0.2) is 194 Å². The first-order chi connectivity index (χ1) is 29.3. The topological polar surface area (TPSA) is 6.48 Å². The molecule has 2 aliphatic carbocycles. The molecular weight excluding hydrogens is 725 g/mol. The first-order valence-electron chi connectivity index (χ1n) is 21.2. The molecule has 0 atom stereocenters. The predicted molar refractivity (Wildman–Crippen MR) is 255 cm³/mol. The molecule has 0 bridgehead atoms. The third-order valence-corrected chi connectivity index (χ3v) is 13.7. The summed E-state index contributed by atoms with van der Waals surface area (Å²) in [6.45, 7) is 9.46. The van der Waals surface area contributed by atoms with E-state index in [1.807, 2.05) is 0 Å². The third kappa shape index (κ3) is 4.88. The van der Waals surface area contributed by atoms with Crippen LogP contribution in [0.2, 0.25) is 0 Å². The van der Waals surface area contributed by atoms with E-state index in [-0.39, 0.29) is 10.8 Å². The molecule has 0 N–H and O–H groups in total. The fourth-order valence-electron chi connectivity index (χ4n) is 10.9. The van der Waals surface area contributed by atoms with Gasteiger partial charge in [-0.2, -0.15) is 0 Å². The Bertz CT molecular complexity index is 3100. The number of rotatable bonds is 6. The molecule has 0 aliphatic heterocycles. The summed E-state index contributed by atoms with van der Waals surface area (Å²) in [5.41, 5.74) is 17.6. The quantitative estimate of drug-likeness (QED) is 0.155. The minimum Gasteiger partial charge on any atom is -0.310 e. The minimum absolute atomic E-state index is 0.108. The average molecular weight is 769 g/mol. The van der Waals surface area contributed by atoms with Gasteiger partial charge in [0.2, 0.25) is 0 Å². The first-order valence-corrected chi connectivity index (χ1v) is 21.2. The number of para-hydroxylation sites is 2. The maximum absolute atomic E-state index is 2.48. The first kappa shape index (κ1) is 34.8. The summed E-state index contributed by atoms with van der Waals surface area (Å²) in [5.74, 6) is 0. The second kappa shape index (κ2) is 12.7. The monoisotopic (exact) mass is 768 g/mol. The van der Waals surface area contributed by atoms with Gasteiger partial charge in [-0.15, -0.1) is 0 Å². The van der Waals surface area contributed by atoms with Gasteiger partial charge >= 0.3 is 0 Å². The van der Waals surface area contributed by atoms with Crippen LogP contribution in [0.4, 0.5) is 34.1 Å². The number of anilines is 6. The van der Waals surface area contributed by atoms with Crippen LogP contribution in [-0.2, 0) is 10.8 Å². The van der Waals surface area contributed by atoms with Crippen molar-refractivity contribution in [3.05, 3.63) is 216 Å². The Kier molecular flexibility index (Phi) is 7.36. The molecule has 0 saturated heterocycles. The van der Waals surface area contributed by atoms with Crippen LogP contribution in [0, 0.1) is 0 Å². The normalized spacial score (nSPS) is 14.3. The smallest absolute Gasteiger partial charge is 0.0546 e. The third-order valence-electron chi connectivity index (χ3n) is 13.7. The zero-order valence-electron chi connectivity index (χ0n) is 34.4. The van der Waals surface area contributed by atoms with E-state index in [0.717, 1.165) is 22.7 Å². The van der Waals surface area contributed by atoms with Crippen molar-refractivity contribution >= 4 is 66.4 Å². The molecule has 60 heavy (non-hydrogen) atoms. The number of nitrogens with zero attached hydrogens (tertiary/aromatic N) is 2. The lowest BCUT2D eigenvalue weighted by Gasteiger charge is -2.31. The molecular formula is C58H44N2. The maximum Gasteiger partial charge on any atom is 0.0546 e. The molecule has 2 heteroatoms. The van der Waals surface area contributed by atoms with Crippen molar-refractivity contribution in [2.75, 3.05) is 9.80 Å². The Morgan fingerprint density at radius 3 is 1.12 bits per heavy atom. The van der Waals surface area contributed by atoms with E-state index < -0.39 is 0 Å². The van der Waals surface area contributed by atoms with Crippen molar-refractivity contribution < 1.29 is 0 Å². The van der Waals surface area contributed by atoms with Crippen molar-refractivity contribution in [3.63, 3.8) is 0 Å². The van der Waals surface area contributed by atoms with Gasteiger partial charge in [-0.3, -0.25) is 0 Å². The van der Waals surface area contributed by atoms with Crippen LogP contribution in [0.1, 0.15) is 49.9 Å². The fourth-order valence-corrected chi connectivity index (χ4v) is 10.9. The van der Waals surface area contributed by atoms with Crippen molar-refractivity contribution in [3.8, 4) is 22.3 Å². The molecule has 0 spiro atoms. The predicted octanol–water partition coefficient (Wildman–Crippen LogP) is 16.1. The van der Waals surface area contributed by atoms with E-state index in [2.05, 4.69) is 232 Å². The summed E-state index contributed by atoms with van der Waals surface area (Å²) in [4.78, 5) is 4.95. The standard InChI is InChI=1S/C58H44N2/c1-57(2)49-27-13-11-23-43(49)45-31-29-41(35-51(45)57)59(39-19-7-5-8-20-39)53-33-37-17-16-26-48-54(34-38-18-15-25-47(53)55(38)56(37)48)60(40-21-9-6-10-22-40)42-30-32-46-44-24-12-14-28-50(44)58(3,4)52(46)36-42/h5-36H,1-4H3. The van der Waals surface area contributed by atoms with E-state index in [4.69, 9.17) is 0 Å². The van der Waals surface area contributed by atoms with Crippen LogP contribution >= 0.6 is 0 Å². The van der Waals surface area contributed by atoms with E-state index in [1.54, 1.807) is 0 Å². The second-order valence-electron chi connectivity index (χ2n) is 17.7. The van der Waals surface area contributed by atoms with Crippen molar-refractivity contribution in [2.45, 2.75) is 38.5 Å². The zero-order chi connectivity index (χ0) is 40.3. The van der Waals surface area contributed by atoms with Crippen LogP contribution in [0.25, 0.3) is 54.6 Å². The molecule has 2 aliphatic rings. The molecule has 0 unspecified atom stereocenters. The fraction of sp³-hybridized carbons (Fsp3) is 0.103. The summed E-state index contributed by atoms with van der Waals surface area (Å²) in [6, 6.07) is 72.4. The molecule has 0 aromatic heterocycles. The van der Waals surface area contributed by atoms with Crippen LogP contribution in [0.5, 0.6) is 0 Å². The molecule has 0 fully saturated rings. The van der Waals surface area contributed by atoms with Gasteiger partial charge in [0.15, 0.2) is 0 Å². The summed E-state index contributed by atoms with van der Waals surface area (Å²) in [6.07, 6.45) is 0. The molecule has 2 nitrogen and oxygen atoms in total. The van der Waals surface area contributed by atoms with Gasteiger partial charge in [-0.25, -0.2) is 0 Å². The lowest BCUT2D eigenvalue weighted by atomic mass is 9.82. The summed E-state index contributed by atoms with van der Waals surface area (Å²) < 4.78 is 0. The highest BCUT2D eigenvalue weighted by Crippen LogP contribution is 2.54. The number of fused-ring (bicyclic) bond motifs is 6. The van der Waals surface area contributed by atoms with E-state index in [9.17, 15) is 0 Å². The van der Waals surface area contributed by atoms with Crippen molar-refractivity contribution in [2.24, 2.45) is 0 Å². The Hall–Kier alpha value is -7.16. The Balaban J connectivity index is 1.08. The molecule has 286 valence electrons. The van der Waals surface area contributed by atoms with Gasteiger partial charge in [-0.05, 0) is 127 Å². The summed E-state index contributed by atoms with van der Waals surface area (Å²) in [5, 5.41) is 7.49. The van der Waals surface area contributed by atoms with E-state index >= 15 is 0 Å². The van der Waals surface area contributed by atoms with E-state index in [1.165, 1.54) is 88.2 Å². The van der Waals surface area contributed by atoms with Gasteiger partial charge in [0.1, 0.15) is 0 Å². The largest absolute Gasteiger partial charge is 0.310 e. The molecule has 0 radical (unpaired) electrons. The van der Waals surface area contributed by atoms with Gasteiger partial charge < -0.3 is 9.80 Å². The van der Waals surface area contributed by atoms with E-state index in [0.29, 0.717) is 0 Å². The van der Waals surface area contributed by atoms with Gasteiger partial charge in [0.05, 0.1) is 11.4 Å². The van der Waals surface area contributed by atoms with Crippen LogP contribution in [-0.4, -0.2) is 0 Å². The second-order valence-corrected chi connectivity index (χ2v) is 17.7. The van der Waals surface area contributed by atoms with Gasteiger partial charge in [0, 0.05) is 44.4 Å². The minimum atomic E-state index is -0.108. The number of benzene rings is 10. The number of hydrogen-bond donors (Lipinski definition) is 0. The Morgan fingerprint density at radius 2 is 0.683 bits per heavy atom. The number of hydrogen-bond acceptors (Lipinski definition) is 2. The maximum atomic E-state index is 2.48. The lowest BCUT2D eigenvalue weighted by molar-refractivity contribution is 0.660. The average Bonchev–Trinajstić information content (AvgIpc) is 3.66. The highest BCUT2D eigenvalue weighted by atomic mass is 15.2. The van der Waals surface area contributed by atoms with Crippen molar-refractivity contribution in [1.82, 2.24) is 0 Å². The highest BCUT2D eigenvalue weighted by Gasteiger charge is 2.37. The van der Waals surface area contributed by atoms with Gasteiger partial charge in [0.25, 0.3) is 0 Å². The zero-order valence-corrected chi connectivity index (χ0v) is 34.4. The molecule has 12 rings (SSSR count).